The van der Waals surface area contributed by atoms with E-state index < -0.39 is 16.7 Å². The lowest BCUT2D eigenvalue weighted by atomic mass is 9.78. The normalized spacial score (nSPS) is 13.7. The minimum absolute atomic E-state index is 0.00936. The van der Waals surface area contributed by atoms with Crippen LogP contribution in [0.1, 0.15) is 90.7 Å². The molecule has 0 N–H and O–H groups in total. The van der Waals surface area contributed by atoms with E-state index in [4.69, 9.17) is 14.2 Å². The minimum Gasteiger partial charge on any atom is -0.497 e. The summed E-state index contributed by atoms with van der Waals surface area (Å²) in [6, 6.07) is 9.82. The van der Waals surface area contributed by atoms with Crippen molar-refractivity contribution < 1.29 is 28.9 Å². The summed E-state index contributed by atoms with van der Waals surface area (Å²) in [5.74, 6) is 1.28. The van der Waals surface area contributed by atoms with Crippen molar-refractivity contribution in [3.63, 3.8) is 0 Å². The van der Waals surface area contributed by atoms with Crippen molar-refractivity contribution in [2.24, 2.45) is 0 Å². The van der Waals surface area contributed by atoms with E-state index in [2.05, 4.69) is 31.7 Å². The van der Waals surface area contributed by atoms with Gasteiger partial charge in [0.2, 0.25) is 0 Å². The molecule has 0 unspecified atom stereocenters. The number of carbonyl (C=O) groups is 1. The van der Waals surface area contributed by atoms with Crippen LogP contribution < -0.4 is 14.2 Å². The number of hydrogen-bond donors (Lipinski definition) is 0. The molecule has 0 saturated heterocycles. The Hall–Kier alpha value is -3.29. The molecule has 0 aromatic heterocycles. The van der Waals surface area contributed by atoms with Gasteiger partial charge in [-0.3, -0.25) is 4.79 Å². The number of benzene rings is 2. The van der Waals surface area contributed by atoms with Crippen LogP contribution in [0.5, 0.6) is 17.2 Å². The van der Waals surface area contributed by atoms with E-state index in [0.717, 1.165) is 29.5 Å². The van der Waals surface area contributed by atoms with Gasteiger partial charge in [-0.2, -0.15) is 0 Å². The lowest BCUT2D eigenvalue weighted by Crippen LogP contribution is -2.30. The zero-order valence-electron chi connectivity index (χ0n) is 22.8. The summed E-state index contributed by atoms with van der Waals surface area (Å²) < 4.78 is 17.9. The predicted molar refractivity (Wildman–Crippen MR) is 142 cm³/mol. The van der Waals surface area contributed by atoms with Crippen molar-refractivity contribution in [2.75, 3.05) is 13.7 Å². The van der Waals surface area contributed by atoms with Gasteiger partial charge in [0.1, 0.15) is 22.8 Å². The number of fused-ring (bicyclic) bond motifs is 3. The van der Waals surface area contributed by atoms with E-state index in [0.29, 0.717) is 22.8 Å². The highest BCUT2D eigenvalue weighted by atomic mass is 16.9. The van der Waals surface area contributed by atoms with Crippen molar-refractivity contribution in [3.8, 4) is 28.4 Å². The van der Waals surface area contributed by atoms with Crippen molar-refractivity contribution in [1.82, 2.24) is 0 Å². The first-order chi connectivity index (χ1) is 17.5. The standard InChI is InChI=1S/C29H39NO7/c1-7-8-9-10-15-28(2,3)20-17-24(36-26(31)12-11-16-35-30(32)33)27-22-19-21(34-6)13-14-23(22)29(4,5)37-25(27)18-20/h13-14,17-19H,7-12,15-16H2,1-6H3. The van der Waals surface area contributed by atoms with E-state index in [9.17, 15) is 14.9 Å². The summed E-state index contributed by atoms with van der Waals surface area (Å²) in [7, 11) is 1.62. The average Bonchev–Trinajstić information content (AvgIpc) is 2.83. The topological polar surface area (TPSA) is 97.1 Å². The molecule has 1 heterocycles. The number of methoxy groups -OCH3 is 1. The lowest BCUT2D eigenvalue weighted by Gasteiger charge is -2.37. The van der Waals surface area contributed by atoms with Crippen LogP contribution in [0.2, 0.25) is 0 Å². The maximum atomic E-state index is 12.8. The van der Waals surface area contributed by atoms with Crippen molar-refractivity contribution >= 4 is 5.97 Å². The molecule has 2 aromatic carbocycles. The van der Waals surface area contributed by atoms with Gasteiger partial charge in [0.15, 0.2) is 0 Å². The van der Waals surface area contributed by atoms with Crippen molar-refractivity contribution in [3.05, 3.63) is 51.6 Å². The third-order valence-corrected chi connectivity index (χ3v) is 6.96. The summed E-state index contributed by atoms with van der Waals surface area (Å²) in [6.45, 7) is 10.5. The van der Waals surface area contributed by atoms with Crippen LogP contribution in [-0.2, 0) is 20.6 Å². The molecule has 37 heavy (non-hydrogen) atoms. The first kappa shape index (κ1) is 28.3. The monoisotopic (exact) mass is 513 g/mol. The molecule has 0 spiro atoms. The first-order valence-electron chi connectivity index (χ1n) is 13.0. The van der Waals surface area contributed by atoms with E-state index in [-0.39, 0.29) is 24.9 Å². The summed E-state index contributed by atoms with van der Waals surface area (Å²) in [4.78, 5) is 27.5. The quantitative estimate of drug-likeness (QED) is 0.0923. The van der Waals surface area contributed by atoms with E-state index in [1.807, 2.05) is 38.1 Å². The zero-order chi connectivity index (χ0) is 27.2. The fraction of sp³-hybridized carbons (Fsp3) is 0.552. The molecule has 1 aliphatic heterocycles. The molecule has 2 aromatic rings. The van der Waals surface area contributed by atoms with Gasteiger partial charge in [0.05, 0.1) is 19.3 Å². The number of unbranched alkanes of at least 4 members (excludes halogenated alkanes) is 3. The molecular weight excluding hydrogens is 474 g/mol. The highest BCUT2D eigenvalue weighted by molar-refractivity contribution is 5.86. The minimum atomic E-state index is -0.864. The molecular formula is C29H39NO7. The first-order valence-corrected chi connectivity index (χ1v) is 13.0. The molecule has 0 amide bonds. The summed E-state index contributed by atoms with van der Waals surface area (Å²) >= 11 is 0. The molecule has 0 saturated carbocycles. The summed E-state index contributed by atoms with van der Waals surface area (Å²) in [6.07, 6.45) is 5.83. The lowest BCUT2D eigenvalue weighted by molar-refractivity contribution is -0.757. The van der Waals surface area contributed by atoms with Gasteiger partial charge in [-0.15, -0.1) is 10.1 Å². The van der Waals surface area contributed by atoms with Crippen LogP contribution in [0.4, 0.5) is 0 Å². The second-order valence-corrected chi connectivity index (χ2v) is 10.7. The molecule has 202 valence electrons. The molecule has 0 bridgehead atoms. The molecule has 8 nitrogen and oxygen atoms in total. The Morgan fingerprint density at radius 2 is 1.86 bits per heavy atom. The number of hydrogen-bond acceptors (Lipinski definition) is 7. The second kappa shape index (κ2) is 11.8. The fourth-order valence-electron chi connectivity index (χ4n) is 4.79. The molecule has 0 atom stereocenters. The van der Waals surface area contributed by atoms with Gasteiger partial charge in [-0.25, -0.2) is 0 Å². The van der Waals surface area contributed by atoms with E-state index >= 15 is 0 Å². The van der Waals surface area contributed by atoms with Crippen molar-refractivity contribution in [1.29, 1.82) is 0 Å². The highest BCUT2D eigenvalue weighted by Crippen LogP contribution is 2.52. The largest absolute Gasteiger partial charge is 0.497 e. The Bertz CT molecular complexity index is 1120. The fourth-order valence-corrected chi connectivity index (χ4v) is 4.79. The molecule has 1 aliphatic rings. The number of esters is 1. The Morgan fingerprint density at radius 1 is 1.11 bits per heavy atom. The maximum absolute atomic E-state index is 12.8. The van der Waals surface area contributed by atoms with Gasteiger partial charge in [-0.05, 0) is 67.5 Å². The Kier molecular flexibility index (Phi) is 9.05. The maximum Gasteiger partial charge on any atom is 0.311 e. The molecule has 0 aliphatic carbocycles. The van der Waals surface area contributed by atoms with Crippen LogP contribution >= 0.6 is 0 Å². The molecule has 0 fully saturated rings. The van der Waals surface area contributed by atoms with Gasteiger partial charge in [0, 0.05) is 12.0 Å². The highest BCUT2D eigenvalue weighted by Gasteiger charge is 2.36. The van der Waals surface area contributed by atoms with Crippen LogP contribution in [0.25, 0.3) is 11.1 Å². The van der Waals surface area contributed by atoms with Crippen LogP contribution in [0.3, 0.4) is 0 Å². The zero-order valence-corrected chi connectivity index (χ0v) is 22.8. The van der Waals surface area contributed by atoms with E-state index in [1.54, 1.807) is 7.11 Å². The van der Waals surface area contributed by atoms with Crippen LogP contribution in [0, 0.1) is 10.1 Å². The third-order valence-electron chi connectivity index (χ3n) is 6.96. The second-order valence-electron chi connectivity index (χ2n) is 10.7. The Labute approximate surface area is 219 Å². The summed E-state index contributed by atoms with van der Waals surface area (Å²) in [5, 5.41) is 9.54. The molecule has 8 heteroatoms. The summed E-state index contributed by atoms with van der Waals surface area (Å²) in [5.41, 5.74) is 2.82. The smallest absolute Gasteiger partial charge is 0.311 e. The number of ether oxygens (including phenoxy) is 3. The van der Waals surface area contributed by atoms with Gasteiger partial charge < -0.3 is 19.0 Å². The molecule has 3 rings (SSSR count). The van der Waals surface area contributed by atoms with Crippen molar-refractivity contribution in [2.45, 2.75) is 90.6 Å². The van der Waals surface area contributed by atoms with Crippen LogP contribution in [-0.4, -0.2) is 24.8 Å². The van der Waals surface area contributed by atoms with Crippen LogP contribution in [0.15, 0.2) is 30.3 Å². The Morgan fingerprint density at radius 3 is 2.54 bits per heavy atom. The third kappa shape index (κ3) is 6.93. The average molecular weight is 514 g/mol. The van der Waals surface area contributed by atoms with E-state index in [1.165, 1.54) is 19.3 Å². The van der Waals surface area contributed by atoms with Gasteiger partial charge in [-0.1, -0.05) is 52.5 Å². The molecule has 0 radical (unpaired) electrons. The predicted octanol–water partition coefficient (Wildman–Crippen LogP) is 7.13. The number of rotatable bonds is 13. The Balaban J connectivity index is 2.03. The van der Waals surface area contributed by atoms with Gasteiger partial charge in [0.25, 0.3) is 5.09 Å². The van der Waals surface area contributed by atoms with Gasteiger partial charge >= 0.3 is 5.97 Å². The number of nitrogens with zero attached hydrogens (tertiary/aromatic N) is 1. The number of carbonyl (C=O) groups excluding carboxylic acids is 1. The SMILES string of the molecule is CCCCCCC(C)(C)c1cc(OC(=O)CCCO[N+](=O)[O-])c2c(c1)OC(C)(C)c1ccc(OC)cc1-2.